The molecule has 2 N–H and O–H groups in total. The van der Waals surface area contributed by atoms with E-state index < -0.39 is 0 Å². The maximum absolute atomic E-state index is 3.91. The summed E-state index contributed by atoms with van der Waals surface area (Å²) >= 11 is 0. The summed E-state index contributed by atoms with van der Waals surface area (Å²) < 4.78 is 0. The average molecular weight is 180 g/mol. The Hall–Kier alpha value is -1.16. The molecule has 0 aliphatic carbocycles. The van der Waals surface area contributed by atoms with E-state index in [0.29, 0.717) is 6.04 Å². The van der Waals surface area contributed by atoms with E-state index in [1.54, 1.807) is 6.20 Å². The Labute approximate surface area is 78.8 Å². The average Bonchev–Trinajstić information content (AvgIpc) is 2.14. The van der Waals surface area contributed by atoms with Crippen LogP contribution in [0.3, 0.4) is 0 Å². The van der Waals surface area contributed by atoms with E-state index >= 15 is 0 Å². The Balaban J connectivity index is 2.13. The largest absolute Gasteiger partial charge is 0.367 e. The van der Waals surface area contributed by atoms with E-state index in [1.807, 2.05) is 12.1 Å². The van der Waals surface area contributed by atoms with Crippen molar-refractivity contribution in [2.75, 3.05) is 18.4 Å². The zero-order chi connectivity index (χ0) is 9.52. The van der Waals surface area contributed by atoms with E-state index in [2.05, 4.69) is 34.7 Å². The number of anilines is 1. The van der Waals surface area contributed by atoms with E-state index in [4.69, 9.17) is 0 Å². The highest BCUT2D eigenvalue weighted by molar-refractivity contribution is 5.31. The molecule has 0 fully saturated rings. The van der Waals surface area contributed by atoms with Crippen LogP contribution < -0.4 is 10.6 Å². The third-order valence-electron chi connectivity index (χ3n) is 1.56. The van der Waals surface area contributed by atoms with Crippen molar-refractivity contribution in [3.8, 4) is 0 Å². The quantitative estimate of drug-likeness (QED) is 0.661. The topological polar surface area (TPSA) is 49.8 Å². The Kier molecular flexibility index (Phi) is 4.18. The van der Waals surface area contributed by atoms with Gasteiger partial charge in [0.25, 0.3) is 0 Å². The Bertz CT molecular complexity index is 222. The molecule has 0 aromatic carbocycles. The van der Waals surface area contributed by atoms with Crippen molar-refractivity contribution >= 4 is 5.82 Å². The zero-order valence-electron chi connectivity index (χ0n) is 8.12. The van der Waals surface area contributed by atoms with Crippen LogP contribution in [0, 0.1) is 0 Å². The first-order chi connectivity index (χ1) is 6.29. The Morgan fingerprint density at radius 3 is 2.85 bits per heavy atom. The molecular formula is C9H16N4. The van der Waals surface area contributed by atoms with Gasteiger partial charge in [-0.15, -0.1) is 5.10 Å². The first-order valence-corrected chi connectivity index (χ1v) is 4.54. The summed E-state index contributed by atoms with van der Waals surface area (Å²) in [5.74, 6) is 0.827. The summed E-state index contributed by atoms with van der Waals surface area (Å²) in [5, 5.41) is 14.1. The summed E-state index contributed by atoms with van der Waals surface area (Å²) in [7, 11) is 0. The second-order valence-corrected chi connectivity index (χ2v) is 3.14. The third kappa shape index (κ3) is 4.42. The summed E-state index contributed by atoms with van der Waals surface area (Å²) in [6.07, 6.45) is 1.66. The lowest BCUT2D eigenvalue weighted by Crippen LogP contribution is -2.28. The van der Waals surface area contributed by atoms with E-state index in [1.165, 1.54) is 0 Å². The van der Waals surface area contributed by atoms with Gasteiger partial charge in [0.2, 0.25) is 0 Å². The van der Waals surface area contributed by atoms with Gasteiger partial charge in [-0.1, -0.05) is 13.8 Å². The van der Waals surface area contributed by atoms with Crippen molar-refractivity contribution < 1.29 is 0 Å². The number of hydrogen-bond acceptors (Lipinski definition) is 4. The molecule has 0 spiro atoms. The molecule has 0 bridgehead atoms. The van der Waals surface area contributed by atoms with Gasteiger partial charge in [0, 0.05) is 25.3 Å². The number of nitrogens with zero attached hydrogens (tertiary/aromatic N) is 2. The molecule has 0 saturated carbocycles. The van der Waals surface area contributed by atoms with Crippen LogP contribution in [-0.2, 0) is 0 Å². The summed E-state index contributed by atoms with van der Waals surface area (Å²) in [6, 6.07) is 4.30. The van der Waals surface area contributed by atoms with Crippen molar-refractivity contribution in [1.29, 1.82) is 0 Å². The molecule has 4 nitrogen and oxygen atoms in total. The van der Waals surface area contributed by atoms with Gasteiger partial charge >= 0.3 is 0 Å². The van der Waals surface area contributed by atoms with Crippen LogP contribution >= 0.6 is 0 Å². The number of aromatic nitrogens is 2. The van der Waals surface area contributed by atoms with Crippen molar-refractivity contribution in [3.05, 3.63) is 18.3 Å². The fraction of sp³-hybridized carbons (Fsp3) is 0.556. The molecule has 4 heteroatoms. The van der Waals surface area contributed by atoms with Gasteiger partial charge in [0.15, 0.2) is 0 Å². The lowest BCUT2D eigenvalue weighted by molar-refractivity contribution is 0.602. The molecule has 0 atom stereocenters. The monoisotopic (exact) mass is 180 g/mol. The van der Waals surface area contributed by atoms with Crippen molar-refractivity contribution in [1.82, 2.24) is 15.5 Å². The van der Waals surface area contributed by atoms with Crippen LogP contribution in [0.25, 0.3) is 0 Å². The highest BCUT2D eigenvalue weighted by Crippen LogP contribution is 1.95. The molecule has 0 radical (unpaired) electrons. The molecule has 1 aromatic rings. The minimum absolute atomic E-state index is 0.531. The van der Waals surface area contributed by atoms with E-state index in [-0.39, 0.29) is 0 Å². The zero-order valence-corrected chi connectivity index (χ0v) is 8.12. The molecule has 0 aliphatic heterocycles. The molecule has 1 rings (SSSR count). The first kappa shape index (κ1) is 9.92. The molecule has 13 heavy (non-hydrogen) atoms. The minimum atomic E-state index is 0.531. The SMILES string of the molecule is CC(C)NCCNc1cccnn1. The lowest BCUT2D eigenvalue weighted by atomic mass is 10.4. The van der Waals surface area contributed by atoms with Gasteiger partial charge in [0.05, 0.1) is 0 Å². The molecule has 1 aromatic heterocycles. The van der Waals surface area contributed by atoms with Crippen molar-refractivity contribution in [2.24, 2.45) is 0 Å². The smallest absolute Gasteiger partial charge is 0.148 e. The number of nitrogens with one attached hydrogen (secondary N) is 2. The molecule has 72 valence electrons. The van der Waals surface area contributed by atoms with Crippen LogP contribution in [-0.4, -0.2) is 29.3 Å². The first-order valence-electron chi connectivity index (χ1n) is 4.54. The minimum Gasteiger partial charge on any atom is -0.367 e. The Morgan fingerprint density at radius 2 is 2.23 bits per heavy atom. The summed E-state index contributed by atoms with van der Waals surface area (Å²) in [4.78, 5) is 0. The molecule has 0 amide bonds. The van der Waals surface area contributed by atoms with Gasteiger partial charge in [-0.25, -0.2) is 0 Å². The normalized spacial score (nSPS) is 10.4. The molecule has 0 saturated heterocycles. The fourth-order valence-corrected chi connectivity index (χ4v) is 0.947. The highest BCUT2D eigenvalue weighted by atomic mass is 15.2. The highest BCUT2D eigenvalue weighted by Gasteiger charge is 1.92. The van der Waals surface area contributed by atoms with Gasteiger partial charge in [-0.05, 0) is 12.1 Å². The standard InChI is InChI=1S/C9H16N4/c1-8(2)10-6-7-11-9-4-3-5-12-13-9/h3-5,8,10H,6-7H2,1-2H3,(H,11,13). The molecule has 0 unspecified atom stereocenters. The van der Waals surface area contributed by atoms with Crippen molar-refractivity contribution in [2.45, 2.75) is 19.9 Å². The molecular weight excluding hydrogens is 164 g/mol. The summed E-state index contributed by atoms with van der Waals surface area (Å²) in [6.45, 7) is 6.07. The van der Waals surface area contributed by atoms with Gasteiger partial charge in [0.1, 0.15) is 5.82 Å². The fourth-order valence-electron chi connectivity index (χ4n) is 0.947. The number of hydrogen-bond donors (Lipinski definition) is 2. The second-order valence-electron chi connectivity index (χ2n) is 3.14. The molecule has 0 aliphatic rings. The second kappa shape index (κ2) is 5.48. The third-order valence-corrected chi connectivity index (χ3v) is 1.56. The van der Waals surface area contributed by atoms with Crippen LogP contribution in [0.15, 0.2) is 18.3 Å². The maximum Gasteiger partial charge on any atom is 0.148 e. The van der Waals surface area contributed by atoms with Crippen LogP contribution in [0.4, 0.5) is 5.82 Å². The lowest BCUT2D eigenvalue weighted by Gasteiger charge is -2.08. The molecule has 1 heterocycles. The van der Waals surface area contributed by atoms with Gasteiger partial charge in [-0.2, -0.15) is 5.10 Å². The van der Waals surface area contributed by atoms with Crippen LogP contribution in [0.1, 0.15) is 13.8 Å². The van der Waals surface area contributed by atoms with Gasteiger partial charge < -0.3 is 10.6 Å². The summed E-state index contributed by atoms with van der Waals surface area (Å²) in [5.41, 5.74) is 0. The van der Waals surface area contributed by atoms with E-state index in [0.717, 1.165) is 18.9 Å². The van der Waals surface area contributed by atoms with Crippen LogP contribution in [0.2, 0.25) is 0 Å². The van der Waals surface area contributed by atoms with E-state index in [9.17, 15) is 0 Å². The van der Waals surface area contributed by atoms with Crippen LogP contribution in [0.5, 0.6) is 0 Å². The van der Waals surface area contributed by atoms with Gasteiger partial charge in [-0.3, -0.25) is 0 Å². The predicted octanol–water partition coefficient (Wildman–Crippen LogP) is 0.886. The predicted molar refractivity (Wildman–Crippen MR) is 53.7 cm³/mol. The maximum atomic E-state index is 3.91. The Morgan fingerprint density at radius 1 is 1.38 bits per heavy atom. The number of rotatable bonds is 5. The van der Waals surface area contributed by atoms with Crippen molar-refractivity contribution in [3.63, 3.8) is 0 Å².